The van der Waals surface area contributed by atoms with Crippen molar-refractivity contribution >= 4 is 35.8 Å². The van der Waals surface area contributed by atoms with E-state index in [0.717, 1.165) is 24.0 Å². The number of nitrogens with zero attached hydrogens (tertiary/aromatic N) is 1. The lowest BCUT2D eigenvalue weighted by atomic mass is 10.0. The Morgan fingerprint density at radius 2 is 1.81 bits per heavy atom. The highest BCUT2D eigenvalue weighted by Gasteiger charge is 2.14. The molecule has 1 aliphatic rings. The summed E-state index contributed by atoms with van der Waals surface area (Å²) in [5.41, 5.74) is 1.82. The van der Waals surface area contributed by atoms with Crippen LogP contribution in [0.5, 0.6) is 0 Å². The summed E-state index contributed by atoms with van der Waals surface area (Å²) in [6, 6.07) is 7.68. The van der Waals surface area contributed by atoms with Crippen molar-refractivity contribution in [2.24, 2.45) is 10.9 Å². The minimum atomic E-state index is -0.0262. The molecule has 0 heterocycles. The average molecular weight is 472 g/mol. The SMILES string of the molecule is CCNC(=O)c1ccc(CNC(=NC)NCCCC2CCCC2)cc1.I. The maximum atomic E-state index is 11.8. The van der Waals surface area contributed by atoms with Gasteiger partial charge in [0, 0.05) is 32.2 Å². The van der Waals surface area contributed by atoms with Gasteiger partial charge < -0.3 is 16.0 Å². The zero-order valence-corrected chi connectivity index (χ0v) is 18.3. The number of hydrogen-bond donors (Lipinski definition) is 3. The van der Waals surface area contributed by atoms with Gasteiger partial charge in [-0.2, -0.15) is 0 Å². The summed E-state index contributed by atoms with van der Waals surface area (Å²) in [6.07, 6.45) is 8.19. The van der Waals surface area contributed by atoms with Crippen LogP contribution in [0.4, 0.5) is 0 Å². The van der Waals surface area contributed by atoms with Gasteiger partial charge in [0.05, 0.1) is 0 Å². The molecule has 6 heteroatoms. The first kappa shape index (κ1) is 22.7. The molecular weight excluding hydrogens is 439 g/mol. The molecule has 3 N–H and O–H groups in total. The summed E-state index contributed by atoms with van der Waals surface area (Å²) in [4.78, 5) is 16.0. The Labute approximate surface area is 174 Å². The molecule has 5 nitrogen and oxygen atoms in total. The third-order valence-corrected chi connectivity index (χ3v) is 4.79. The average Bonchev–Trinajstić information content (AvgIpc) is 3.15. The van der Waals surface area contributed by atoms with Gasteiger partial charge in [0.25, 0.3) is 5.91 Å². The Bertz CT molecular complexity index is 553. The monoisotopic (exact) mass is 472 g/mol. The lowest BCUT2D eigenvalue weighted by Crippen LogP contribution is -2.37. The van der Waals surface area contributed by atoms with Crippen LogP contribution in [0.25, 0.3) is 0 Å². The van der Waals surface area contributed by atoms with Crippen molar-refractivity contribution in [2.45, 2.75) is 52.0 Å². The van der Waals surface area contributed by atoms with Crippen molar-refractivity contribution in [3.05, 3.63) is 35.4 Å². The Kier molecular flexibility index (Phi) is 11.3. The molecule has 1 amide bonds. The minimum Gasteiger partial charge on any atom is -0.356 e. The fraction of sp³-hybridized carbons (Fsp3) is 0.600. The Balaban J connectivity index is 0.00000338. The molecule has 1 fully saturated rings. The first-order valence-electron chi connectivity index (χ1n) is 9.54. The molecule has 1 aliphatic carbocycles. The lowest BCUT2D eigenvalue weighted by Gasteiger charge is -2.13. The third-order valence-electron chi connectivity index (χ3n) is 4.79. The van der Waals surface area contributed by atoms with Crippen molar-refractivity contribution in [1.29, 1.82) is 0 Å². The first-order valence-corrected chi connectivity index (χ1v) is 9.54. The molecule has 146 valence electrons. The van der Waals surface area contributed by atoms with Crippen LogP contribution >= 0.6 is 24.0 Å². The van der Waals surface area contributed by atoms with Gasteiger partial charge in [0.15, 0.2) is 5.96 Å². The summed E-state index contributed by atoms with van der Waals surface area (Å²) >= 11 is 0. The van der Waals surface area contributed by atoms with Gasteiger partial charge in [-0.25, -0.2) is 0 Å². The van der Waals surface area contributed by atoms with Crippen LogP contribution in [0.3, 0.4) is 0 Å². The number of hydrogen-bond acceptors (Lipinski definition) is 2. The van der Waals surface area contributed by atoms with Crippen molar-refractivity contribution in [3.63, 3.8) is 0 Å². The van der Waals surface area contributed by atoms with Gasteiger partial charge >= 0.3 is 0 Å². The fourth-order valence-electron chi connectivity index (χ4n) is 3.34. The molecule has 1 aromatic carbocycles. The van der Waals surface area contributed by atoms with E-state index >= 15 is 0 Å². The molecule has 0 aliphatic heterocycles. The van der Waals surface area contributed by atoms with E-state index in [9.17, 15) is 4.79 Å². The number of rotatable bonds is 8. The van der Waals surface area contributed by atoms with Crippen LogP contribution in [0.2, 0.25) is 0 Å². The Morgan fingerprint density at radius 1 is 1.12 bits per heavy atom. The summed E-state index contributed by atoms with van der Waals surface area (Å²) in [6.45, 7) is 4.22. The zero-order valence-electron chi connectivity index (χ0n) is 16.0. The van der Waals surface area contributed by atoms with E-state index < -0.39 is 0 Å². The van der Waals surface area contributed by atoms with Crippen molar-refractivity contribution in [2.75, 3.05) is 20.1 Å². The number of nitrogens with one attached hydrogen (secondary N) is 3. The summed E-state index contributed by atoms with van der Waals surface area (Å²) in [5, 5.41) is 9.52. The van der Waals surface area contributed by atoms with Crippen LogP contribution in [0, 0.1) is 5.92 Å². The number of carbonyl (C=O) groups is 1. The van der Waals surface area contributed by atoms with Gasteiger partial charge in [-0.3, -0.25) is 9.79 Å². The molecular formula is C20H33IN4O. The van der Waals surface area contributed by atoms with Crippen LogP contribution in [-0.4, -0.2) is 32.0 Å². The van der Waals surface area contributed by atoms with E-state index in [2.05, 4.69) is 20.9 Å². The largest absolute Gasteiger partial charge is 0.356 e. The fourth-order valence-corrected chi connectivity index (χ4v) is 3.34. The van der Waals surface area contributed by atoms with Crippen molar-refractivity contribution in [3.8, 4) is 0 Å². The number of halogens is 1. The molecule has 0 radical (unpaired) electrons. The smallest absolute Gasteiger partial charge is 0.251 e. The van der Waals surface area contributed by atoms with Crippen LogP contribution < -0.4 is 16.0 Å². The molecule has 1 saturated carbocycles. The predicted molar refractivity (Wildman–Crippen MR) is 119 cm³/mol. The summed E-state index contributed by atoms with van der Waals surface area (Å²) in [7, 11) is 1.80. The Hall–Kier alpha value is -1.31. The van der Waals surface area contributed by atoms with Crippen molar-refractivity contribution < 1.29 is 4.79 Å². The van der Waals surface area contributed by atoms with Crippen LogP contribution in [0.1, 0.15) is 61.4 Å². The van der Waals surface area contributed by atoms with Gasteiger partial charge in [0.2, 0.25) is 0 Å². The normalized spacial score (nSPS) is 14.6. The van der Waals surface area contributed by atoms with E-state index in [1.165, 1.54) is 38.5 Å². The zero-order chi connectivity index (χ0) is 17.9. The highest BCUT2D eigenvalue weighted by atomic mass is 127. The number of carbonyl (C=O) groups excluding carboxylic acids is 1. The maximum absolute atomic E-state index is 11.8. The molecule has 2 rings (SSSR count). The second-order valence-electron chi connectivity index (χ2n) is 6.70. The number of benzene rings is 1. The molecule has 0 unspecified atom stereocenters. The standard InChI is InChI=1S/C20H32N4O.HI/c1-3-22-19(25)18-12-10-17(11-13-18)15-24-20(21-2)23-14-6-9-16-7-4-5-8-16;/h10-13,16H,3-9,14-15H2,1-2H3,(H,22,25)(H2,21,23,24);1H. The maximum Gasteiger partial charge on any atom is 0.251 e. The molecule has 0 aromatic heterocycles. The summed E-state index contributed by atoms with van der Waals surface area (Å²) < 4.78 is 0. The number of guanidine groups is 1. The topological polar surface area (TPSA) is 65.5 Å². The van der Waals surface area contributed by atoms with Gasteiger partial charge in [-0.15, -0.1) is 24.0 Å². The van der Waals surface area contributed by atoms with E-state index in [0.29, 0.717) is 18.7 Å². The highest BCUT2D eigenvalue weighted by molar-refractivity contribution is 14.0. The van der Waals surface area contributed by atoms with Gasteiger partial charge in [-0.05, 0) is 43.4 Å². The highest BCUT2D eigenvalue weighted by Crippen LogP contribution is 2.28. The van der Waals surface area contributed by atoms with Crippen LogP contribution in [-0.2, 0) is 6.54 Å². The van der Waals surface area contributed by atoms with Gasteiger partial charge in [-0.1, -0.05) is 37.8 Å². The lowest BCUT2D eigenvalue weighted by molar-refractivity contribution is 0.0956. The predicted octanol–water partition coefficient (Wildman–Crippen LogP) is 3.69. The first-order chi connectivity index (χ1) is 12.2. The van der Waals surface area contributed by atoms with Crippen molar-refractivity contribution in [1.82, 2.24) is 16.0 Å². The van der Waals surface area contributed by atoms with E-state index in [-0.39, 0.29) is 29.9 Å². The number of aliphatic imine (C=N–C) groups is 1. The molecule has 0 saturated heterocycles. The molecule has 0 spiro atoms. The molecule has 0 atom stereocenters. The Morgan fingerprint density at radius 3 is 2.42 bits per heavy atom. The number of amides is 1. The van der Waals surface area contributed by atoms with Crippen LogP contribution in [0.15, 0.2) is 29.3 Å². The quantitative estimate of drug-likeness (QED) is 0.234. The second kappa shape index (κ2) is 12.9. The van der Waals surface area contributed by atoms with Gasteiger partial charge in [0.1, 0.15) is 0 Å². The molecule has 0 bridgehead atoms. The minimum absolute atomic E-state index is 0. The van der Waals surface area contributed by atoms with E-state index in [4.69, 9.17) is 0 Å². The molecule has 26 heavy (non-hydrogen) atoms. The molecule has 1 aromatic rings. The van der Waals surface area contributed by atoms with E-state index in [1.807, 2.05) is 31.2 Å². The summed E-state index contributed by atoms with van der Waals surface area (Å²) in [5.74, 6) is 1.75. The second-order valence-corrected chi connectivity index (χ2v) is 6.70. The third kappa shape index (κ3) is 7.93. The van der Waals surface area contributed by atoms with E-state index in [1.54, 1.807) is 7.05 Å².